The van der Waals surface area contributed by atoms with Crippen molar-refractivity contribution in [3.05, 3.63) is 85.0 Å². The van der Waals surface area contributed by atoms with E-state index in [1.807, 2.05) is 25.7 Å². The van der Waals surface area contributed by atoms with Crippen LogP contribution in [0, 0.1) is 11.6 Å². The number of nitrogens with zero attached hydrogens (tertiary/aromatic N) is 7. The molecule has 1 N–H and O–H groups in total. The molecular weight excluding hydrogens is 649 g/mol. The van der Waals surface area contributed by atoms with Gasteiger partial charge in [-0.3, -0.25) is 0 Å². The molecule has 4 aromatic rings. The van der Waals surface area contributed by atoms with E-state index in [2.05, 4.69) is 30.2 Å². The number of piperazine rings is 2. The van der Waals surface area contributed by atoms with Crippen LogP contribution in [0.4, 0.5) is 25.5 Å². The maximum atomic E-state index is 13.0. The molecular formula is C33H40Cl2F2N8O2. The zero-order chi connectivity index (χ0) is 31.8. The second-order valence-corrected chi connectivity index (χ2v) is 11.7. The van der Waals surface area contributed by atoms with Gasteiger partial charge in [-0.1, -0.05) is 24.3 Å². The number of benzene rings is 2. The van der Waals surface area contributed by atoms with Crippen molar-refractivity contribution in [2.24, 2.45) is 0 Å². The van der Waals surface area contributed by atoms with Gasteiger partial charge in [-0.25, -0.2) is 33.5 Å². The molecule has 0 spiro atoms. The van der Waals surface area contributed by atoms with Crippen LogP contribution in [-0.4, -0.2) is 88.9 Å². The quantitative estimate of drug-likeness (QED) is 0.282. The zero-order valence-corrected chi connectivity index (χ0v) is 28.2. The first-order valence-electron chi connectivity index (χ1n) is 15.0. The fraction of sp³-hybridized carbons (Fsp3) is 0.364. The van der Waals surface area contributed by atoms with Gasteiger partial charge in [0, 0.05) is 88.3 Å². The summed E-state index contributed by atoms with van der Waals surface area (Å²) >= 11 is 0. The lowest BCUT2D eigenvalue weighted by molar-refractivity contribution is 0.0240. The molecule has 47 heavy (non-hydrogen) atoms. The number of rotatable bonds is 4. The van der Waals surface area contributed by atoms with E-state index in [4.69, 9.17) is 4.74 Å². The summed E-state index contributed by atoms with van der Waals surface area (Å²) in [5.74, 6) is 0.878. The Labute approximate surface area is 286 Å². The molecule has 2 aromatic heterocycles. The lowest BCUT2D eigenvalue weighted by atomic mass is 10.1. The van der Waals surface area contributed by atoms with E-state index in [-0.39, 0.29) is 42.5 Å². The number of ether oxygens (including phenoxy) is 1. The van der Waals surface area contributed by atoms with Gasteiger partial charge in [0.15, 0.2) is 0 Å². The van der Waals surface area contributed by atoms with E-state index in [0.717, 1.165) is 54.4 Å². The molecule has 14 heteroatoms. The Hall–Kier alpha value is -4.13. The van der Waals surface area contributed by atoms with Crippen molar-refractivity contribution in [1.82, 2.24) is 30.2 Å². The Morgan fingerprint density at radius 2 is 1.02 bits per heavy atom. The molecule has 0 atom stereocenters. The molecule has 1 amide bonds. The average Bonchev–Trinajstić information content (AvgIpc) is 3.06. The van der Waals surface area contributed by atoms with Crippen molar-refractivity contribution in [2.75, 3.05) is 62.2 Å². The van der Waals surface area contributed by atoms with Crippen molar-refractivity contribution >= 4 is 42.8 Å². The van der Waals surface area contributed by atoms with Crippen molar-refractivity contribution in [3.63, 3.8) is 0 Å². The lowest BCUT2D eigenvalue weighted by Crippen LogP contribution is -2.50. The maximum Gasteiger partial charge on any atom is 0.410 e. The molecule has 2 fully saturated rings. The van der Waals surface area contributed by atoms with Crippen LogP contribution in [0.5, 0.6) is 0 Å². The van der Waals surface area contributed by atoms with Gasteiger partial charge in [0.1, 0.15) is 17.2 Å². The van der Waals surface area contributed by atoms with Crippen LogP contribution in [0.3, 0.4) is 0 Å². The maximum absolute atomic E-state index is 13.0. The second-order valence-electron chi connectivity index (χ2n) is 11.7. The summed E-state index contributed by atoms with van der Waals surface area (Å²) in [5, 5.41) is 3.29. The molecule has 2 saturated heterocycles. The van der Waals surface area contributed by atoms with E-state index in [1.54, 1.807) is 54.0 Å². The van der Waals surface area contributed by atoms with Gasteiger partial charge in [0.25, 0.3) is 0 Å². The molecule has 0 unspecified atom stereocenters. The minimum Gasteiger partial charge on any atom is -0.444 e. The van der Waals surface area contributed by atoms with Crippen LogP contribution in [0.25, 0.3) is 22.3 Å². The number of amides is 1. The normalized spacial score (nSPS) is 14.6. The highest BCUT2D eigenvalue weighted by molar-refractivity contribution is 5.85. The van der Waals surface area contributed by atoms with Gasteiger partial charge in [0.2, 0.25) is 11.9 Å². The number of aromatic nitrogens is 4. The van der Waals surface area contributed by atoms with Gasteiger partial charge in [-0.15, -0.1) is 24.8 Å². The van der Waals surface area contributed by atoms with Crippen molar-refractivity contribution in [2.45, 2.75) is 26.4 Å². The van der Waals surface area contributed by atoms with Gasteiger partial charge < -0.3 is 24.8 Å². The average molecular weight is 690 g/mol. The molecule has 0 saturated carbocycles. The van der Waals surface area contributed by atoms with Gasteiger partial charge in [0.05, 0.1) is 0 Å². The summed E-state index contributed by atoms with van der Waals surface area (Å²) in [7, 11) is 0. The molecule has 0 radical (unpaired) electrons. The molecule has 0 bridgehead atoms. The van der Waals surface area contributed by atoms with Crippen LogP contribution in [0.15, 0.2) is 73.3 Å². The third-order valence-corrected chi connectivity index (χ3v) is 7.25. The fourth-order valence-electron chi connectivity index (χ4n) is 4.83. The Morgan fingerprint density at radius 1 is 0.638 bits per heavy atom. The van der Waals surface area contributed by atoms with E-state index in [9.17, 15) is 13.6 Å². The van der Waals surface area contributed by atoms with Crippen LogP contribution in [0.2, 0.25) is 0 Å². The van der Waals surface area contributed by atoms with Crippen molar-refractivity contribution in [1.29, 1.82) is 0 Å². The van der Waals surface area contributed by atoms with E-state index in [0.29, 0.717) is 32.1 Å². The third kappa shape index (κ3) is 10.7. The summed E-state index contributed by atoms with van der Waals surface area (Å²) in [5.41, 5.74) is 3.04. The monoisotopic (exact) mass is 688 g/mol. The van der Waals surface area contributed by atoms with E-state index >= 15 is 0 Å². The number of carbonyl (C=O) groups excluding carboxylic acids is 1. The number of halogens is 4. The predicted octanol–water partition coefficient (Wildman–Crippen LogP) is 5.88. The molecule has 252 valence electrons. The number of nitrogens with one attached hydrogen (secondary N) is 1. The molecule has 2 aromatic carbocycles. The van der Waals surface area contributed by atoms with E-state index in [1.165, 1.54) is 24.3 Å². The second kappa shape index (κ2) is 17.1. The SMILES string of the molecule is CC(C)(C)OC(=O)N1CCN(c2ncc(-c3ccc(F)cc3)cn2)CC1.Cl.Cl.Fc1ccc(-c2cnc(N3CCNCC3)nc2)cc1. The number of hydrogen-bond donors (Lipinski definition) is 1. The fourth-order valence-corrected chi connectivity index (χ4v) is 4.83. The smallest absolute Gasteiger partial charge is 0.410 e. The standard InChI is InChI=1S/C19H23FN4O2.C14H15FN4.2ClH/c1-19(2,3)26-18(25)24-10-8-23(9-11-24)17-21-12-15(13-22-17)14-4-6-16(20)7-5-14;15-13-3-1-11(2-4-13)12-9-17-14(18-10-12)19-7-5-16-6-8-19;;/h4-7,12-13H,8-11H2,1-3H3;1-4,9-10,16H,5-8H2;2*1H. The number of hydrogen-bond acceptors (Lipinski definition) is 9. The molecule has 2 aliphatic heterocycles. The molecule has 2 aliphatic rings. The summed E-state index contributed by atoms with van der Waals surface area (Å²) in [6.45, 7) is 11.8. The highest BCUT2D eigenvalue weighted by Gasteiger charge is 2.26. The molecule has 0 aliphatic carbocycles. The zero-order valence-electron chi connectivity index (χ0n) is 26.6. The van der Waals surface area contributed by atoms with E-state index < -0.39 is 5.60 Å². The minimum atomic E-state index is -0.493. The van der Waals surface area contributed by atoms with Crippen LogP contribution >= 0.6 is 24.8 Å². The first kappa shape index (κ1) is 37.3. The molecule has 6 rings (SSSR count). The Bertz CT molecular complexity index is 1530. The van der Waals surface area contributed by atoms with Crippen LogP contribution in [-0.2, 0) is 4.74 Å². The third-order valence-electron chi connectivity index (χ3n) is 7.25. The largest absolute Gasteiger partial charge is 0.444 e. The minimum absolute atomic E-state index is 0. The van der Waals surface area contributed by atoms with Gasteiger partial charge >= 0.3 is 6.09 Å². The first-order chi connectivity index (χ1) is 21.6. The predicted molar refractivity (Wildman–Crippen MR) is 184 cm³/mol. The van der Waals surface area contributed by atoms with Gasteiger partial charge in [-0.2, -0.15) is 0 Å². The van der Waals surface area contributed by atoms with Crippen molar-refractivity contribution < 1.29 is 18.3 Å². The summed E-state index contributed by atoms with van der Waals surface area (Å²) in [4.78, 5) is 35.6. The highest BCUT2D eigenvalue weighted by Crippen LogP contribution is 2.21. The van der Waals surface area contributed by atoms with Gasteiger partial charge in [-0.05, 0) is 56.2 Å². The first-order valence-corrected chi connectivity index (χ1v) is 15.0. The topological polar surface area (TPSA) is 99.6 Å². The number of anilines is 2. The van der Waals surface area contributed by atoms with Crippen LogP contribution in [0.1, 0.15) is 20.8 Å². The highest BCUT2D eigenvalue weighted by atomic mass is 35.5. The Kier molecular flexibility index (Phi) is 13.6. The Morgan fingerprint density at radius 3 is 1.40 bits per heavy atom. The molecule has 4 heterocycles. The van der Waals surface area contributed by atoms with Crippen molar-refractivity contribution in [3.8, 4) is 22.3 Å². The molecule has 10 nitrogen and oxygen atoms in total. The number of carbonyl (C=O) groups is 1. The lowest BCUT2D eigenvalue weighted by Gasteiger charge is -2.35. The Balaban J connectivity index is 0.000000255. The van der Waals surface area contributed by atoms with Crippen LogP contribution < -0.4 is 15.1 Å². The summed E-state index contributed by atoms with van der Waals surface area (Å²) < 4.78 is 31.3. The summed E-state index contributed by atoms with van der Waals surface area (Å²) in [6, 6.07) is 12.6. The summed E-state index contributed by atoms with van der Waals surface area (Å²) in [6.07, 6.45) is 6.76.